The number of thiazole rings is 1. The molecule has 0 saturated carbocycles. The van der Waals surface area contributed by atoms with Gasteiger partial charge in [-0.1, -0.05) is 25.2 Å². The molecule has 11 heteroatoms. The molecule has 33 heavy (non-hydrogen) atoms. The lowest BCUT2D eigenvalue weighted by atomic mass is 10.2. The number of likely N-dealkylation sites (N-methyl/N-ethyl adjacent to an activating group) is 1. The molecule has 178 valence electrons. The molecule has 3 aromatic rings. The van der Waals surface area contributed by atoms with Crippen molar-refractivity contribution in [1.82, 2.24) is 14.2 Å². The molecule has 0 N–H and O–H groups in total. The number of aromatic nitrogens is 1. The summed E-state index contributed by atoms with van der Waals surface area (Å²) in [6.45, 7) is 6.43. The Bertz CT molecular complexity index is 1240. The van der Waals surface area contributed by atoms with Crippen molar-refractivity contribution in [2.45, 2.75) is 18.7 Å². The Morgan fingerprint density at radius 3 is 2.24 bits per heavy atom. The third kappa shape index (κ3) is 5.37. The van der Waals surface area contributed by atoms with Gasteiger partial charge in [-0.3, -0.25) is 9.69 Å². The van der Waals surface area contributed by atoms with Gasteiger partial charge in [-0.25, -0.2) is 26.5 Å². The number of nitrogens with zero attached hydrogens (tertiary/aromatic N) is 4. The highest BCUT2D eigenvalue weighted by molar-refractivity contribution is 7.89. The van der Waals surface area contributed by atoms with Crippen LogP contribution < -0.4 is 4.90 Å². The fraction of sp³-hybridized carbons (Fsp3) is 0.364. The monoisotopic (exact) mass is 496 g/mol. The molecule has 3 rings (SSSR count). The zero-order chi connectivity index (χ0) is 24.3. The average Bonchev–Trinajstić information content (AvgIpc) is 3.20. The van der Waals surface area contributed by atoms with Gasteiger partial charge < -0.3 is 4.90 Å². The summed E-state index contributed by atoms with van der Waals surface area (Å²) in [6, 6.07) is 7.58. The van der Waals surface area contributed by atoms with Crippen LogP contribution in [0.2, 0.25) is 0 Å². The van der Waals surface area contributed by atoms with E-state index in [-0.39, 0.29) is 27.7 Å². The molecule has 1 heterocycles. The molecule has 0 unspecified atom stereocenters. The van der Waals surface area contributed by atoms with E-state index < -0.39 is 27.6 Å². The highest BCUT2D eigenvalue weighted by atomic mass is 32.2. The highest BCUT2D eigenvalue weighted by Gasteiger charge is 2.24. The molecule has 0 bridgehead atoms. The second kappa shape index (κ2) is 10.2. The largest absolute Gasteiger partial charge is 0.302 e. The van der Waals surface area contributed by atoms with Gasteiger partial charge in [0.25, 0.3) is 5.91 Å². The lowest BCUT2D eigenvalue weighted by Gasteiger charge is -2.24. The Morgan fingerprint density at radius 1 is 1.03 bits per heavy atom. The van der Waals surface area contributed by atoms with Crippen LogP contribution in [0.4, 0.5) is 13.9 Å². The Morgan fingerprint density at radius 2 is 1.67 bits per heavy atom. The summed E-state index contributed by atoms with van der Waals surface area (Å²) in [6.07, 6.45) is 0. The Balaban J connectivity index is 1.99. The van der Waals surface area contributed by atoms with Gasteiger partial charge in [-0.2, -0.15) is 0 Å². The summed E-state index contributed by atoms with van der Waals surface area (Å²) in [5.74, 6) is -1.91. The average molecular weight is 497 g/mol. The third-order valence-electron chi connectivity index (χ3n) is 5.29. The summed E-state index contributed by atoms with van der Waals surface area (Å²) in [5.41, 5.74) is 0.266. The van der Waals surface area contributed by atoms with Gasteiger partial charge in [-0.15, -0.1) is 0 Å². The van der Waals surface area contributed by atoms with Gasteiger partial charge in [0.1, 0.15) is 11.3 Å². The van der Waals surface area contributed by atoms with Crippen molar-refractivity contribution in [3.63, 3.8) is 0 Å². The lowest BCUT2D eigenvalue weighted by molar-refractivity contribution is 0.0983. The van der Waals surface area contributed by atoms with Crippen molar-refractivity contribution < 1.29 is 22.0 Å². The van der Waals surface area contributed by atoms with Crippen LogP contribution in [-0.2, 0) is 10.0 Å². The first-order valence-corrected chi connectivity index (χ1v) is 12.7. The van der Waals surface area contributed by atoms with Crippen LogP contribution in [0.1, 0.15) is 24.2 Å². The molecular formula is C22H26F2N4O3S2. The number of hydrogen-bond donors (Lipinski definition) is 0. The number of fused-ring (bicyclic) bond motifs is 1. The van der Waals surface area contributed by atoms with Crippen LogP contribution in [0, 0.1) is 11.6 Å². The SMILES string of the molecule is CCN(CC)CCN(C(=O)c1ccc(S(=O)(=O)N(C)C)cc1)c1nc2c(F)cc(F)cc2s1. The molecule has 1 amide bonds. The first kappa shape index (κ1) is 25.2. The van der Waals surface area contributed by atoms with Crippen molar-refractivity contribution in [1.29, 1.82) is 0 Å². The van der Waals surface area contributed by atoms with Crippen LogP contribution >= 0.6 is 11.3 Å². The molecular weight excluding hydrogens is 470 g/mol. The number of rotatable bonds is 9. The minimum absolute atomic E-state index is 0.00413. The number of hydrogen-bond acceptors (Lipinski definition) is 6. The number of halogens is 2. The van der Waals surface area contributed by atoms with Crippen LogP contribution in [0.15, 0.2) is 41.3 Å². The number of carbonyl (C=O) groups excluding carboxylic acids is 1. The molecule has 1 aromatic heterocycles. The number of sulfonamides is 1. The molecule has 0 aliphatic rings. The molecule has 0 aliphatic carbocycles. The van der Waals surface area contributed by atoms with Crippen molar-refractivity contribution in [2.75, 3.05) is 45.2 Å². The normalized spacial score (nSPS) is 12.1. The minimum Gasteiger partial charge on any atom is -0.302 e. The van der Waals surface area contributed by atoms with Gasteiger partial charge in [-0.05, 0) is 43.4 Å². The predicted molar refractivity (Wildman–Crippen MR) is 126 cm³/mol. The summed E-state index contributed by atoms with van der Waals surface area (Å²) in [4.78, 5) is 21.3. The van der Waals surface area contributed by atoms with Crippen molar-refractivity contribution in [2.24, 2.45) is 0 Å². The Labute approximate surface area is 196 Å². The fourth-order valence-electron chi connectivity index (χ4n) is 3.26. The zero-order valence-corrected chi connectivity index (χ0v) is 20.5. The van der Waals surface area contributed by atoms with Crippen LogP contribution in [-0.4, -0.2) is 68.8 Å². The molecule has 0 spiro atoms. The molecule has 0 aliphatic heterocycles. The van der Waals surface area contributed by atoms with E-state index >= 15 is 0 Å². The predicted octanol–water partition coefficient (Wildman–Crippen LogP) is 3.81. The first-order valence-electron chi connectivity index (χ1n) is 10.4. The second-order valence-electron chi connectivity index (χ2n) is 7.53. The van der Waals surface area contributed by atoms with Gasteiger partial charge in [0.15, 0.2) is 10.9 Å². The van der Waals surface area contributed by atoms with Crippen LogP contribution in [0.25, 0.3) is 10.2 Å². The van der Waals surface area contributed by atoms with E-state index in [0.717, 1.165) is 34.8 Å². The quantitative estimate of drug-likeness (QED) is 0.450. The van der Waals surface area contributed by atoms with Gasteiger partial charge >= 0.3 is 0 Å². The number of amides is 1. The van der Waals surface area contributed by atoms with E-state index in [9.17, 15) is 22.0 Å². The third-order valence-corrected chi connectivity index (χ3v) is 8.15. The summed E-state index contributed by atoms with van der Waals surface area (Å²) >= 11 is 1.03. The number of carbonyl (C=O) groups is 1. The van der Waals surface area contributed by atoms with E-state index in [2.05, 4.69) is 9.88 Å². The number of benzene rings is 2. The molecule has 7 nitrogen and oxygen atoms in total. The maximum absolute atomic E-state index is 14.2. The molecule has 0 atom stereocenters. The van der Waals surface area contributed by atoms with E-state index in [4.69, 9.17) is 0 Å². The molecule has 0 saturated heterocycles. The fourth-order valence-corrected chi connectivity index (χ4v) is 5.19. The highest BCUT2D eigenvalue weighted by Crippen LogP contribution is 2.32. The van der Waals surface area contributed by atoms with Crippen LogP contribution in [0.5, 0.6) is 0 Å². The molecule has 0 fully saturated rings. The van der Waals surface area contributed by atoms with Crippen molar-refractivity contribution in [3.8, 4) is 0 Å². The van der Waals surface area contributed by atoms with Gasteiger partial charge in [0, 0.05) is 38.8 Å². The molecule has 2 aromatic carbocycles. The standard InChI is InChI=1S/C22H26F2N4O3S2/c1-5-27(6-2)11-12-28(22-25-20-18(24)13-16(23)14-19(20)32-22)21(29)15-7-9-17(10-8-15)33(30,31)26(3)4/h7-10,13-14H,5-6,11-12H2,1-4H3. The summed E-state index contributed by atoms with van der Waals surface area (Å²) in [7, 11) is -0.774. The van der Waals surface area contributed by atoms with E-state index in [0.29, 0.717) is 11.2 Å². The first-order chi connectivity index (χ1) is 15.6. The minimum atomic E-state index is -3.63. The summed E-state index contributed by atoms with van der Waals surface area (Å²) < 4.78 is 53.9. The van der Waals surface area contributed by atoms with Crippen molar-refractivity contribution >= 4 is 42.6 Å². The van der Waals surface area contributed by atoms with E-state index in [1.54, 1.807) is 0 Å². The summed E-state index contributed by atoms with van der Waals surface area (Å²) in [5, 5.41) is 0.247. The van der Waals surface area contributed by atoms with Crippen molar-refractivity contribution in [3.05, 3.63) is 53.6 Å². The van der Waals surface area contributed by atoms with E-state index in [1.165, 1.54) is 49.3 Å². The lowest BCUT2D eigenvalue weighted by Crippen LogP contribution is -2.38. The Hall–Kier alpha value is -2.47. The topological polar surface area (TPSA) is 73.8 Å². The van der Waals surface area contributed by atoms with Gasteiger partial charge in [0.2, 0.25) is 10.0 Å². The maximum atomic E-state index is 14.2. The van der Waals surface area contributed by atoms with Crippen LogP contribution in [0.3, 0.4) is 0 Å². The smallest absolute Gasteiger partial charge is 0.260 e. The molecule has 0 radical (unpaired) electrons. The number of anilines is 1. The Kier molecular flexibility index (Phi) is 7.78. The zero-order valence-electron chi connectivity index (χ0n) is 18.9. The second-order valence-corrected chi connectivity index (χ2v) is 10.7. The van der Waals surface area contributed by atoms with Gasteiger partial charge in [0.05, 0.1) is 9.60 Å². The van der Waals surface area contributed by atoms with E-state index in [1.807, 2.05) is 13.8 Å². The maximum Gasteiger partial charge on any atom is 0.260 e.